The molecule has 0 aliphatic heterocycles. The van der Waals surface area contributed by atoms with Crippen LogP contribution in [0, 0.1) is 9.39 Å². The van der Waals surface area contributed by atoms with Crippen LogP contribution in [-0.4, -0.2) is 22.5 Å². The normalized spacial score (nSPS) is 11.2. The van der Waals surface area contributed by atoms with E-state index >= 15 is 0 Å². The average molecular weight is 379 g/mol. The molecular weight excluding hydrogens is 364 g/mol. The van der Waals surface area contributed by atoms with Gasteiger partial charge in [-0.3, -0.25) is 9.59 Å². The van der Waals surface area contributed by atoms with Gasteiger partial charge in [0, 0.05) is 15.5 Å². The molecule has 0 saturated carbocycles. The van der Waals surface area contributed by atoms with Crippen LogP contribution in [0.3, 0.4) is 0 Å². The highest BCUT2D eigenvalue weighted by Gasteiger charge is 2.23. The highest BCUT2D eigenvalue weighted by Crippen LogP contribution is 2.17. The largest absolute Gasteiger partial charge is 0.481 e. The molecule has 2 N–H and O–H groups in total. The van der Waals surface area contributed by atoms with E-state index in [0.717, 1.165) is 0 Å². The lowest BCUT2D eigenvalue weighted by Crippen LogP contribution is -2.44. The van der Waals surface area contributed by atoms with Gasteiger partial charge in [-0.1, -0.05) is 0 Å². The predicted molar refractivity (Wildman–Crippen MR) is 77.5 cm³/mol. The monoisotopic (exact) mass is 379 g/mol. The molecule has 0 fully saturated rings. The summed E-state index contributed by atoms with van der Waals surface area (Å²) < 4.78 is 13.8. The Bertz CT molecular complexity index is 503. The number of hydrogen-bond acceptors (Lipinski definition) is 2. The van der Waals surface area contributed by atoms with E-state index in [-0.39, 0.29) is 12.0 Å². The molecular formula is C13H15FINO3. The second kappa shape index (κ2) is 6.31. The van der Waals surface area contributed by atoms with Crippen molar-refractivity contribution in [2.24, 2.45) is 0 Å². The first-order valence-corrected chi connectivity index (χ1v) is 6.78. The molecule has 0 atom stereocenters. The Labute approximate surface area is 124 Å². The molecule has 4 nitrogen and oxygen atoms in total. The molecule has 1 aromatic carbocycles. The van der Waals surface area contributed by atoms with E-state index < -0.39 is 23.2 Å². The highest BCUT2D eigenvalue weighted by molar-refractivity contribution is 14.1. The Kier molecular flexibility index (Phi) is 5.28. The molecule has 1 aromatic rings. The first-order valence-electron chi connectivity index (χ1n) is 5.70. The van der Waals surface area contributed by atoms with Crippen molar-refractivity contribution in [1.82, 2.24) is 5.32 Å². The molecule has 0 heterocycles. The molecule has 0 aliphatic carbocycles. The van der Waals surface area contributed by atoms with Gasteiger partial charge in [-0.05, 0) is 61.1 Å². The van der Waals surface area contributed by atoms with Crippen LogP contribution in [0.1, 0.15) is 37.0 Å². The van der Waals surface area contributed by atoms with Crippen molar-refractivity contribution in [3.8, 4) is 0 Å². The van der Waals surface area contributed by atoms with Gasteiger partial charge >= 0.3 is 5.97 Å². The minimum Gasteiger partial charge on any atom is -0.481 e. The molecule has 0 aromatic heterocycles. The maximum absolute atomic E-state index is 13.1. The summed E-state index contributed by atoms with van der Waals surface area (Å²) in [6.07, 6.45) is 0.271. The molecule has 6 heteroatoms. The fourth-order valence-electron chi connectivity index (χ4n) is 1.53. The fraction of sp³-hybridized carbons (Fsp3) is 0.385. The number of hydrogen-bond donors (Lipinski definition) is 2. The van der Waals surface area contributed by atoms with Gasteiger partial charge in [-0.25, -0.2) is 4.39 Å². The molecule has 1 rings (SSSR count). The summed E-state index contributed by atoms with van der Waals surface area (Å²) in [4.78, 5) is 22.6. The molecule has 19 heavy (non-hydrogen) atoms. The third kappa shape index (κ3) is 5.14. The Balaban J connectivity index is 2.78. The number of carboxylic acid groups (broad SMARTS) is 1. The molecule has 0 spiro atoms. The van der Waals surface area contributed by atoms with Crippen molar-refractivity contribution in [2.75, 3.05) is 0 Å². The van der Waals surface area contributed by atoms with E-state index in [0.29, 0.717) is 9.99 Å². The van der Waals surface area contributed by atoms with Gasteiger partial charge in [-0.2, -0.15) is 0 Å². The zero-order valence-corrected chi connectivity index (χ0v) is 12.8. The van der Waals surface area contributed by atoms with Crippen molar-refractivity contribution in [3.05, 3.63) is 33.1 Å². The zero-order chi connectivity index (χ0) is 14.6. The number of carbonyl (C=O) groups is 2. The summed E-state index contributed by atoms with van der Waals surface area (Å²) in [5.74, 6) is -1.80. The first-order chi connectivity index (χ1) is 8.71. The van der Waals surface area contributed by atoms with Crippen LogP contribution in [0.15, 0.2) is 18.2 Å². The maximum atomic E-state index is 13.1. The molecule has 1 amide bonds. The Morgan fingerprint density at radius 1 is 1.42 bits per heavy atom. The SMILES string of the molecule is CC(C)(CCC(=O)O)NC(=O)c1cc(F)ccc1I. The van der Waals surface area contributed by atoms with Gasteiger partial charge in [0.05, 0.1) is 5.56 Å². The Morgan fingerprint density at radius 2 is 2.05 bits per heavy atom. The van der Waals surface area contributed by atoms with Crippen LogP contribution in [0.2, 0.25) is 0 Å². The summed E-state index contributed by atoms with van der Waals surface area (Å²) >= 11 is 1.95. The molecule has 104 valence electrons. The first kappa shape index (κ1) is 15.9. The third-order valence-electron chi connectivity index (χ3n) is 2.59. The standard InChI is InChI=1S/C13H15FINO3/c1-13(2,6-5-11(17)18)16-12(19)9-7-8(14)3-4-10(9)15/h3-4,7H,5-6H2,1-2H3,(H,16,19)(H,17,18). The number of nitrogens with one attached hydrogen (secondary N) is 1. The average Bonchev–Trinajstić information content (AvgIpc) is 2.29. The molecule has 0 saturated heterocycles. The highest BCUT2D eigenvalue weighted by atomic mass is 127. The van der Waals surface area contributed by atoms with E-state index in [1.165, 1.54) is 18.2 Å². The quantitative estimate of drug-likeness (QED) is 0.774. The van der Waals surface area contributed by atoms with Crippen molar-refractivity contribution < 1.29 is 19.1 Å². The number of benzene rings is 1. The second-order valence-corrected chi connectivity index (χ2v) is 6.02. The Hall–Kier alpha value is -1.18. The summed E-state index contributed by atoms with van der Waals surface area (Å²) in [5, 5.41) is 11.4. The van der Waals surface area contributed by atoms with Gasteiger partial charge < -0.3 is 10.4 Å². The van der Waals surface area contributed by atoms with Gasteiger partial charge in [0.15, 0.2) is 0 Å². The van der Waals surface area contributed by atoms with Crippen molar-refractivity contribution in [1.29, 1.82) is 0 Å². The van der Waals surface area contributed by atoms with Gasteiger partial charge in [0.2, 0.25) is 0 Å². The minimum absolute atomic E-state index is 0.0342. The number of aliphatic carboxylic acids is 1. The van der Waals surface area contributed by atoms with Crippen molar-refractivity contribution in [3.63, 3.8) is 0 Å². The lowest BCUT2D eigenvalue weighted by molar-refractivity contribution is -0.137. The van der Waals surface area contributed by atoms with Crippen LogP contribution in [-0.2, 0) is 4.79 Å². The van der Waals surface area contributed by atoms with Crippen LogP contribution < -0.4 is 5.32 Å². The number of carbonyl (C=O) groups excluding carboxylic acids is 1. The van der Waals surface area contributed by atoms with E-state index in [1.54, 1.807) is 13.8 Å². The van der Waals surface area contributed by atoms with E-state index in [1.807, 2.05) is 22.6 Å². The predicted octanol–water partition coefficient (Wildman–Crippen LogP) is 2.80. The second-order valence-electron chi connectivity index (χ2n) is 4.86. The smallest absolute Gasteiger partial charge is 0.303 e. The third-order valence-corrected chi connectivity index (χ3v) is 3.53. The number of halogens is 2. The summed E-state index contributed by atoms with van der Waals surface area (Å²) in [6.45, 7) is 3.47. The lowest BCUT2D eigenvalue weighted by atomic mass is 9.98. The van der Waals surface area contributed by atoms with Crippen molar-refractivity contribution >= 4 is 34.5 Å². The number of amides is 1. The van der Waals surface area contributed by atoms with Crippen molar-refractivity contribution in [2.45, 2.75) is 32.2 Å². The van der Waals surface area contributed by atoms with Gasteiger partial charge in [0.25, 0.3) is 5.91 Å². The van der Waals surface area contributed by atoms with E-state index in [2.05, 4.69) is 5.32 Å². The summed E-state index contributed by atoms with van der Waals surface area (Å²) in [7, 11) is 0. The van der Waals surface area contributed by atoms with Crippen LogP contribution in [0.4, 0.5) is 4.39 Å². The fourth-order valence-corrected chi connectivity index (χ4v) is 2.11. The van der Waals surface area contributed by atoms with Crippen LogP contribution >= 0.6 is 22.6 Å². The summed E-state index contributed by atoms with van der Waals surface area (Å²) in [5.41, 5.74) is -0.408. The maximum Gasteiger partial charge on any atom is 0.303 e. The van der Waals surface area contributed by atoms with Gasteiger partial charge in [0.1, 0.15) is 5.82 Å². The summed E-state index contributed by atoms with van der Waals surface area (Å²) in [6, 6.07) is 3.98. The minimum atomic E-state index is -0.914. The van der Waals surface area contributed by atoms with E-state index in [4.69, 9.17) is 5.11 Å². The topological polar surface area (TPSA) is 66.4 Å². The Morgan fingerprint density at radius 3 is 2.63 bits per heavy atom. The molecule has 0 unspecified atom stereocenters. The van der Waals surface area contributed by atoms with Crippen LogP contribution in [0.5, 0.6) is 0 Å². The molecule has 0 aliphatic rings. The lowest BCUT2D eigenvalue weighted by Gasteiger charge is -2.26. The molecule has 0 radical (unpaired) electrons. The number of carboxylic acids is 1. The zero-order valence-electron chi connectivity index (χ0n) is 10.7. The van der Waals surface area contributed by atoms with Gasteiger partial charge in [-0.15, -0.1) is 0 Å². The van der Waals surface area contributed by atoms with Crippen LogP contribution in [0.25, 0.3) is 0 Å². The van der Waals surface area contributed by atoms with E-state index in [9.17, 15) is 14.0 Å². The molecule has 0 bridgehead atoms. The number of rotatable bonds is 5.